The summed E-state index contributed by atoms with van der Waals surface area (Å²) >= 11 is 0. The molecule has 3 nitrogen and oxygen atoms in total. The highest BCUT2D eigenvalue weighted by Crippen LogP contribution is 2.35. The molecule has 5 aromatic rings. The predicted molar refractivity (Wildman–Crippen MR) is 139 cm³/mol. The number of pyridine rings is 1. The average Bonchev–Trinajstić information content (AvgIpc) is 2.90. The van der Waals surface area contributed by atoms with E-state index in [1.54, 1.807) is 14.2 Å². The number of halogens is 1. The molecular formula is C31H28INO2. The maximum Gasteiger partial charge on any atom is 0.213 e. The molecule has 0 fully saturated rings. The van der Waals surface area contributed by atoms with Gasteiger partial charge in [0.2, 0.25) is 5.69 Å². The van der Waals surface area contributed by atoms with Crippen LogP contribution in [0.5, 0.6) is 11.5 Å². The SMILES string of the molecule is COc1cc2cc(-c3cccc(-c4ccc(-c5ccccc5)cc4)c3)[n+](C)c(C)c2cc1OC.[I-]. The Morgan fingerprint density at radius 2 is 1.11 bits per heavy atom. The normalized spacial score (nSPS) is 10.6. The average molecular weight is 573 g/mol. The third kappa shape index (κ3) is 4.76. The van der Waals surface area contributed by atoms with Gasteiger partial charge in [0.05, 0.1) is 19.6 Å². The zero-order valence-electron chi connectivity index (χ0n) is 20.4. The van der Waals surface area contributed by atoms with Gasteiger partial charge in [-0.25, -0.2) is 0 Å². The van der Waals surface area contributed by atoms with Gasteiger partial charge in [0.15, 0.2) is 17.2 Å². The molecule has 0 radical (unpaired) electrons. The Morgan fingerprint density at radius 3 is 1.77 bits per heavy atom. The van der Waals surface area contributed by atoms with E-state index in [1.807, 2.05) is 6.07 Å². The van der Waals surface area contributed by atoms with Crippen LogP contribution in [0.2, 0.25) is 0 Å². The number of aryl methyl sites for hydroxylation is 1. The molecule has 0 N–H and O–H groups in total. The molecule has 4 heteroatoms. The lowest BCUT2D eigenvalue weighted by molar-refractivity contribution is -0.665. The molecule has 0 saturated carbocycles. The van der Waals surface area contributed by atoms with Gasteiger partial charge in [-0.15, -0.1) is 0 Å². The van der Waals surface area contributed by atoms with Crippen LogP contribution in [-0.4, -0.2) is 14.2 Å². The van der Waals surface area contributed by atoms with Gasteiger partial charge < -0.3 is 33.5 Å². The Hall–Kier alpha value is -3.38. The molecule has 0 saturated heterocycles. The Morgan fingerprint density at radius 1 is 0.571 bits per heavy atom. The fraction of sp³-hybridized carbons (Fsp3) is 0.129. The first kappa shape index (κ1) is 24.7. The minimum absolute atomic E-state index is 0. The molecular weight excluding hydrogens is 545 g/mol. The zero-order chi connectivity index (χ0) is 23.7. The van der Waals surface area contributed by atoms with E-state index in [1.165, 1.54) is 33.5 Å². The largest absolute Gasteiger partial charge is 1.00 e. The van der Waals surface area contributed by atoms with Crippen molar-refractivity contribution >= 4 is 10.8 Å². The second-order valence-corrected chi connectivity index (χ2v) is 8.49. The Labute approximate surface area is 224 Å². The lowest BCUT2D eigenvalue weighted by atomic mass is 9.97. The summed E-state index contributed by atoms with van der Waals surface area (Å²) < 4.78 is 13.3. The van der Waals surface area contributed by atoms with Crippen molar-refractivity contribution in [1.29, 1.82) is 0 Å². The van der Waals surface area contributed by atoms with E-state index < -0.39 is 0 Å². The molecule has 35 heavy (non-hydrogen) atoms. The summed E-state index contributed by atoms with van der Waals surface area (Å²) in [6.07, 6.45) is 0. The molecule has 0 atom stereocenters. The summed E-state index contributed by atoms with van der Waals surface area (Å²) in [6, 6.07) is 34.3. The summed E-state index contributed by atoms with van der Waals surface area (Å²) in [5.74, 6) is 1.48. The highest BCUT2D eigenvalue weighted by atomic mass is 127. The van der Waals surface area contributed by atoms with Gasteiger partial charge in [-0.2, -0.15) is 4.57 Å². The monoisotopic (exact) mass is 573 g/mol. The van der Waals surface area contributed by atoms with E-state index in [2.05, 4.69) is 110 Å². The zero-order valence-corrected chi connectivity index (χ0v) is 22.5. The quantitative estimate of drug-likeness (QED) is 0.235. The van der Waals surface area contributed by atoms with Gasteiger partial charge in [0.25, 0.3) is 0 Å². The Balaban J connectivity index is 0.00000289. The van der Waals surface area contributed by atoms with Gasteiger partial charge in [-0.05, 0) is 51.9 Å². The van der Waals surface area contributed by atoms with Crippen LogP contribution >= 0.6 is 0 Å². The summed E-state index contributed by atoms with van der Waals surface area (Å²) in [5.41, 5.74) is 8.35. The van der Waals surface area contributed by atoms with Crippen LogP contribution in [-0.2, 0) is 7.05 Å². The minimum atomic E-state index is 0. The molecule has 0 unspecified atom stereocenters. The number of rotatable bonds is 5. The second kappa shape index (κ2) is 10.5. The van der Waals surface area contributed by atoms with Crippen molar-refractivity contribution in [2.24, 2.45) is 7.05 Å². The van der Waals surface area contributed by atoms with E-state index in [4.69, 9.17) is 9.47 Å². The van der Waals surface area contributed by atoms with Crippen LogP contribution in [0.4, 0.5) is 0 Å². The van der Waals surface area contributed by atoms with E-state index in [9.17, 15) is 0 Å². The van der Waals surface area contributed by atoms with Crippen molar-refractivity contribution in [3.63, 3.8) is 0 Å². The number of aromatic nitrogens is 1. The molecule has 0 amide bonds. The fourth-order valence-corrected chi connectivity index (χ4v) is 4.55. The van der Waals surface area contributed by atoms with Crippen molar-refractivity contribution in [3.8, 4) is 45.0 Å². The van der Waals surface area contributed by atoms with Crippen molar-refractivity contribution in [1.82, 2.24) is 0 Å². The van der Waals surface area contributed by atoms with Crippen LogP contribution in [0, 0.1) is 6.92 Å². The van der Waals surface area contributed by atoms with Crippen LogP contribution in [0.15, 0.2) is 97.1 Å². The number of ether oxygens (including phenoxy) is 2. The van der Waals surface area contributed by atoms with Crippen LogP contribution in [0.3, 0.4) is 0 Å². The molecule has 176 valence electrons. The lowest BCUT2D eigenvalue weighted by Gasteiger charge is -2.12. The van der Waals surface area contributed by atoms with Gasteiger partial charge in [0, 0.05) is 18.6 Å². The van der Waals surface area contributed by atoms with E-state index in [-0.39, 0.29) is 24.0 Å². The number of hydrogen-bond donors (Lipinski definition) is 0. The lowest BCUT2D eigenvalue weighted by Crippen LogP contribution is -3.00. The minimum Gasteiger partial charge on any atom is -1.00 e. The highest BCUT2D eigenvalue weighted by molar-refractivity contribution is 5.89. The van der Waals surface area contributed by atoms with Crippen LogP contribution in [0.25, 0.3) is 44.3 Å². The second-order valence-electron chi connectivity index (χ2n) is 8.49. The van der Waals surface area contributed by atoms with Crippen molar-refractivity contribution in [2.75, 3.05) is 14.2 Å². The third-order valence-corrected chi connectivity index (χ3v) is 6.59. The van der Waals surface area contributed by atoms with Crippen molar-refractivity contribution in [2.45, 2.75) is 6.92 Å². The van der Waals surface area contributed by atoms with Gasteiger partial charge in [-0.3, -0.25) is 0 Å². The first-order valence-electron chi connectivity index (χ1n) is 11.4. The van der Waals surface area contributed by atoms with Gasteiger partial charge in [-0.1, -0.05) is 66.7 Å². The molecule has 5 rings (SSSR count). The summed E-state index contributed by atoms with van der Waals surface area (Å²) in [6.45, 7) is 2.14. The molecule has 0 spiro atoms. The number of methoxy groups -OCH3 is 2. The Kier molecular flexibility index (Phi) is 7.41. The van der Waals surface area contributed by atoms with E-state index >= 15 is 0 Å². The summed E-state index contributed by atoms with van der Waals surface area (Å²) in [5, 5.41) is 2.28. The fourth-order valence-electron chi connectivity index (χ4n) is 4.55. The molecule has 1 aromatic heterocycles. The number of nitrogens with zero attached hydrogens (tertiary/aromatic N) is 1. The Bertz CT molecular complexity index is 1480. The molecule has 0 bridgehead atoms. The molecule has 0 aliphatic heterocycles. The highest BCUT2D eigenvalue weighted by Gasteiger charge is 2.19. The maximum atomic E-state index is 5.55. The topological polar surface area (TPSA) is 22.3 Å². The maximum absolute atomic E-state index is 5.55. The van der Waals surface area contributed by atoms with Gasteiger partial charge in [0.1, 0.15) is 7.05 Å². The molecule has 0 aliphatic carbocycles. The predicted octanol–water partition coefficient (Wildman–Crippen LogP) is 3.99. The van der Waals surface area contributed by atoms with Crippen molar-refractivity contribution < 1.29 is 38.0 Å². The summed E-state index contributed by atoms with van der Waals surface area (Å²) in [7, 11) is 5.46. The van der Waals surface area contributed by atoms with Crippen LogP contribution < -0.4 is 38.0 Å². The molecule has 4 aromatic carbocycles. The molecule has 0 aliphatic rings. The number of hydrogen-bond acceptors (Lipinski definition) is 2. The standard InChI is InChI=1S/C31H28NO2.HI/c1-21-28-20-31(34-4)30(33-3)19-27(28)18-29(32(21)2)26-12-8-11-25(17-26)24-15-13-23(14-16-24)22-9-6-5-7-10-22;/h5-20H,1-4H3;1H/q+1;/p-1. The first-order valence-corrected chi connectivity index (χ1v) is 11.4. The molecule has 1 heterocycles. The van der Waals surface area contributed by atoms with E-state index in [0.717, 1.165) is 28.0 Å². The van der Waals surface area contributed by atoms with Crippen LogP contribution in [0.1, 0.15) is 5.69 Å². The van der Waals surface area contributed by atoms with E-state index in [0.29, 0.717) is 0 Å². The number of fused-ring (bicyclic) bond motifs is 1. The third-order valence-electron chi connectivity index (χ3n) is 6.59. The smallest absolute Gasteiger partial charge is 0.213 e. The summed E-state index contributed by atoms with van der Waals surface area (Å²) in [4.78, 5) is 0. The number of benzene rings is 4. The first-order chi connectivity index (χ1) is 16.6. The van der Waals surface area contributed by atoms with Crippen molar-refractivity contribution in [3.05, 3.63) is 103 Å². The van der Waals surface area contributed by atoms with Gasteiger partial charge >= 0.3 is 0 Å².